The number of amides is 1. The molecule has 1 amide bonds. The van der Waals surface area contributed by atoms with Gasteiger partial charge in [-0.25, -0.2) is 0 Å². The molecule has 1 aromatic rings. The minimum absolute atomic E-state index is 0.111. The number of carbonyl (C=O) groups excluding carboxylic acids is 1. The number of hydrogen-bond acceptors (Lipinski definition) is 3. The van der Waals surface area contributed by atoms with Gasteiger partial charge < -0.3 is 15.0 Å². The monoisotopic (exact) mass is 288 g/mol. The summed E-state index contributed by atoms with van der Waals surface area (Å²) in [4.78, 5) is 15.0. The number of benzene rings is 1. The second-order valence-electron chi connectivity index (χ2n) is 5.97. The SMILES string of the molecule is COC(C(=O)N1CCCC1C1CCCN1)c1ccccc1. The number of methoxy groups -OCH3 is 1. The summed E-state index contributed by atoms with van der Waals surface area (Å²) in [5.41, 5.74) is 0.940. The molecule has 2 heterocycles. The average molecular weight is 288 g/mol. The minimum Gasteiger partial charge on any atom is -0.367 e. The zero-order chi connectivity index (χ0) is 14.7. The highest BCUT2D eigenvalue weighted by molar-refractivity contribution is 5.83. The lowest BCUT2D eigenvalue weighted by molar-refractivity contribution is -0.143. The van der Waals surface area contributed by atoms with Crippen LogP contribution in [0.4, 0.5) is 0 Å². The molecule has 3 unspecified atom stereocenters. The first kappa shape index (κ1) is 14.5. The van der Waals surface area contributed by atoms with E-state index < -0.39 is 6.10 Å². The highest BCUT2D eigenvalue weighted by atomic mass is 16.5. The molecule has 0 aliphatic carbocycles. The first-order chi connectivity index (χ1) is 10.3. The van der Waals surface area contributed by atoms with Crippen LogP contribution < -0.4 is 5.32 Å². The highest BCUT2D eigenvalue weighted by Gasteiger charge is 2.38. The Morgan fingerprint density at radius 3 is 2.76 bits per heavy atom. The average Bonchev–Trinajstić information content (AvgIpc) is 3.20. The van der Waals surface area contributed by atoms with Crippen molar-refractivity contribution in [3.8, 4) is 0 Å². The third-order valence-corrected chi connectivity index (χ3v) is 4.71. The van der Waals surface area contributed by atoms with Crippen molar-refractivity contribution in [3.05, 3.63) is 35.9 Å². The van der Waals surface area contributed by atoms with Crippen molar-refractivity contribution in [2.45, 2.75) is 43.9 Å². The summed E-state index contributed by atoms with van der Waals surface area (Å²) in [6, 6.07) is 10.6. The third kappa shape index (κ3) is 2.97. The predicted octanol–water partition coefficient (Wildman–Crippen LogP) is 2.12. The Morgan fingerprint density at radius 2 is 2.10 bits per heavy atom. The van der Waals surface area contributed by atoms with E-state index >= 15 is 0 Å². The molecule has 1 aromatic carbocycles. The van der Waals surface area contributed by atoms with Crippen LogP contribution in [0, 0.1) is 0 Å². The summed E-state index contributed by atoms with van der Waals surface area (Å²) >= 11 is 0. The molecule has 3 rings (SSSR count). The number of nitrogens with one attached hydrogen (secondary N) is 1. The number of carbonyl (C=O) groups is 1. The van der Waals surface area contributed by atoms with Crippen LogP contribution >= 0.6 is 0 Å². The lowest BCUT2D eigenvalue weighted by atomic mass is 10.0. The summed E-state index contributed by atoms with van der Waals surface area (Å²) in [7, 11) is 1.62. The Kier molecular flexibility index (Phi) is 4.56. The molecule has 3 atom stereocenters. The molecular formula is C17H24N2O2. The van der Waals surface area contributed by atoms with Crippen LogP contribution in [0.1, 0.15) is 37.4 Å². The number of ether oxygens (including phenoxy) is 1. The molecule has 21 heavy (non-hydrogen) atoms. The lowest BCUT2D eigenvalue weighted by Gasteiger charge is -2.32. The van der Waals surface area contributed by atoms with Crippen LogP contribution in [-0.4, -0.2) is 43.1 Å². The molecule has 4 nitrogen and oxygen atoms in total. The zero-order valence-electron chi connectivity index (χ0n) is 12.6. The van der Waals surface area contributed by atoms with E-state index in [0.29, 0.717) is 12.1 Å². The summed E-state index contributed by atoms with van der Waals surface area (Å²) < 4.78 is 5.51. The van der Waals surface area contributed by atoms with Gasteiger partial charge >= 0.3 is 0 Å². The molecular weight excluding hydrogens is 264 g/mol. The summed E-state index contributed by atoms with van der Waals surface area (Å²) in [6.45, 7) is 1.93. The summed E-state index contributed by atoms with van der Waals surface area (Å²) in [5, 5.41) is 3.55. The van der Waals surface area contributed by atoms with E-state index in [9.17, 15) is 4.79 Å². The fraction of sp³-hybridized carbons (Fsp3) is 0.588. The van der Waals surface area contributed by atoms with E-state index in [4.69, 9.17) is 4.74 Å². The Hall–Kier alpha value is -1.39. The van der Waals surface area contributed by atoms with E-state index in [-0.39, 0.29) is 5.91 Å². The van der Waals surface area contributed by atoms with Crippen molar-refractivity contribution < 1.29 is 9.53 Å². The lowest BCUT2D eigenvalue weighted by Crippen LogP contribution is -2.48. The normalized spacial score (nSPS) is 27.0. The molecule has 2 fully saturated rings. The number of hydrogen-bond donors (Lipinski definition) is 1. The second kappa shape index (κ2) is 6.58. The Labute approximate surface area is 126 Å². The number of rotatable bonds is 4. The minimum atomic E-state index is -0.479. The van der Waals surface area contributed by atoms with E-state index in [1.54, 1.807) is 7.11 Å². The summed E-state index contributed by atoms with van der Waals surface area (Å²) in [6.07, 6.45) is 4.12. The molecule has 114 valence electrons. The van der Waals surface area contributed by atoms with Gasteiger partial charge in [0, 0.05) is 25.7 Å². The van der Waals surface area contributed by atoms with Crippen LogP contribution in [-0.2, 0) is 9.53 Å². The van der Waals surface area contributed by atoms with Crippen LogP contribution in [0.2, 0.25) is 0 Å². The van der Waals surface area contributed by atoms with Crippen molar-refractivity contribution in [1.82, 2.24) is 10.2 Å². The molecule has 0 radical (unpaired) electrons. The highest BCUT2D eigenvalue weighted by Crippen LogP contribution is 2.29. The maximum atomic E-state index is 12.9. The predicted molar refractivity (Wildman–Crippen MR) is 82.0 cm³/mol. The standard InChI is InChI=1S/C17H24N2O2/c1-21-16(13-7-3-2-4-8-13)17(20)19-12-6-10-15(19)14-9-5-11-18-14/h2-4,7-8,14-16,18H,5-6,9-12H2,1H3. The number of nitrogens with zero attached hydrogens (tertiary/aromatic N) is 1. The van der Waals surface area contributed by atoms with E-state index in [0.717, 1.165) is 31.5 Å². The van der Waals surface area contributed by atoms with Gasteiger partial charge in [0.15, 0.2) is 6.10 Å². The first-order valence-corrected chi connectivity index (χ1v) is 7.93. The van der Waals surface area contributed by atoms with Gasteiger partial charge in [-0.1, -0.05) is 30.3 Å². The van der Waals surface area contributed by atoms with Gasteiger partial charge in [-0.3, -0.25) is 4.79 Å². The Bertz CT molecular complexity index is 471. The van der Waals surface area contributed by atoms with Gasteiger partial charge in [0.05, 0.1) is 0 Å². The zero-order valence-corrected chi connectivity index (χ0v) is 12.6. The molecule has 1 N–H and O–H groups in total. The molecule has 0 saturated carbocycles. The molecule has 0 aromatic heterocycles. The molecule has 0 bridgehead atoms. The van der Waals surface area contributed by atoms with E-state index in [2.05, 4.69) is 5.32 Å². The van der Waals surface area contributed by atoms with Crippen molar-refractivity contribution in [3.63, 3.8) is 0 Å². The molecule has 4 heteroatoms. The molecule has 2 aliphatic rings. The van der Waals surface area contributed by atoms with Gasteiger partial charge in [-0.2, -0.15) is 0 Å². The van der Waals surface area contributed by atoms with Crippen molar-refractivity contribution >= 4 is 5.91 Å². The van der Waals surface area contributed by atoms with E-state index in [1.165, 1.54) is 12.8 Å². The van der Waals surface area contributed by atoms with Crippen molar-refractivity contribution in [1.29, 1.82) is 0 Å². The number of likely N-dealkylation sites (tertiary alicyclic amines) is 1. The molecule has 2 saturated heterocycles. The van der Waals surface area contributed by atoms with Gasteiger partial charge in [-0.15, -0.1) is 0 Å². The van der Waals surface area contributed by atoms with Crippen molar-refractivity contribution in [2.75, 3.05) is 20.2 Å². The van der Waals surface area contributed by atoms with Crippen LogP contribution in [0.5, 0.6) is 0 Å². The topological polar surface area (TPSA) is 41.6 Å². The van der Waals surface area contributed by atoms with Crippen LogP contribution in [0.3, 0.4) is 0 Å². The summed E-state index contributed by atoms with van der Waals surface area (Å²) in [5.74, 6) is 0.111. The maximum Gasteiger partial charge on any atom is 0.256 e. The molecule has 2 aliphatic heterocycles. The maximum absolute atomic E-state index is 12.9. The van der Waals surface area contributed by atoms with Crippen molar-refractivity contribution in [2.24, 2.45) is 0 Å². The Morgan fingerprint density at radius 1 is 1.29 bits per heavy atom. The van der Waals surface area contributed by atoms with Crippen LogP contribution in [0.15, 0.2) is 30.3 Å². The van der Waals surface area contributed by atoms with E-state index in [1.807, 2.05) is 35.2 Å². The van der Waals surface area contributed by atoms with Crippen LogP contribution in [0.25, 0.3) is 0 Å². The van der Waals surface area contributed by atoms with Gasteiger partial charge in [0.25, 0.3) is 5.91 Å². The smallest absolute Gasteiger partial charge is 0.256 e. The van der Waals surface area contributed by atoms with Gasteiger partial charge in [0.2, 0.25) is 0 Å². The fourth-order valence-corrected chi connectivity index (χ4v) is 3.68. The quantitative estimate of drug-likeness (QED) is 0.922. The molecule has 0 spiro atoms. The van der Waals surface area contributed by atoms with Gasteiger partial charge in [-0.05, 0) is 37.8 Å². The Balaban J connectivity index is 1.76. The largest absolute Gasteiger partial charge is 0.367 e. The first-order valence-electron chi connectivity index (χ1n) is 7.93. The second-order valence-corrected chi connectivity index (χ2v) is 5.97. The fourth-order valence-electron chi connectivity index (χ4n) is 3.68. The van der Waals surface area contributed by atoms with Gasteiger partial charge in [0.1, 0.15) is 0 Å². The third-order valence-electron chi connectivity index (χ3n) is 4.71.